The molecule has 0 aliphatic heterocycles. The van der Waals surface area contributed by atoms with Crippen LogP contribution in [0.5, 0.6) is 0 Å². The van der Waals surface area contributed by atoms with Crippen molar-refractivity contribution in [3.8, 4) is 11.3 Å². The number of carbonyl (C=O) groups is 1. The quantitative estimate of drug-likeness (QED) is 0.743. The van der Waals surface area contributed by atoms with Crippen molar-refractivity contribution in [3.05, 3.63) is 42.2 Å². The van der Waals surface area contributed by atoms with E-state index >= 15 is 0 Å². The molecule has 0 N–H and O–H groups in total. The molecule has 0 unspecified atom stereocenters. The predicted octanol–water partition coefficient (Wildman–Crippen LogP) is 4.74. The minimum Gasteiger partial charge on any atom is -0.455 e. The number of rotatable bonds is 4. The van der Waals surface area contributed by atoms with Crippen LogP contribution >= 0.6 is 0 Å². The van der Waals surface area contributed by atoms with Gasteiger partial charge in [-0.05, 0) is 80.5 Å². The van der Waals surface area contributed by atoms with E-state index in [4.69, 9.17) is 9.15 Å². The summed E-state index contributed by atoms with van der Waals surface area (Å²) < 4.78 is 24.3. The van der Waals surface area contributed by atoms with E-state index < -0.39 is 0 Å². The average Bonchev–Trinajstić information content (AvgIpc) is 3.08. The lowest BCUT2D eigenvalue weighted by molar-refractivity contribution is -0.173. The monoisotopic (exact) mass is 355 g/mol. The Balaban J connectivity index is 1.25. The van der Waals surface area contributed by atoms with Crippen LogP contribution < -0.4 is 0 Å². The molecule has 4 aliphatic carbocycles. The average molecular weight is 355 g/mol. The lowest BCUT2D eigenvalue weighted by atomic mass is 9.49. The minimum atomic E-state index is -0.294. The van der Waals surface area contributed by atoms with Gasteiger partial charge in [0.05, 0.1) is 11.6 Å². The van der Waals surface area contributed by atoms with Crippen LogP contribution in [0.1, 0.15) is 44.4 Å². The fourth-order valence-electron chi connectivity index (χ4n) is 5.77. The lowest BCUT2D eigenvalue weighted by Crippen LogP contribution is -2.50. The van der Waals surface area contributed by atoms with Crippen LogP contribution in [0.2, 0.25) is 0 Å². The van der Waals surface area contributed by atoms with Gasteiger partial charge in [0.1, 0.15) is 5.82 Å². The summed E-state index contributed by atoms with van der Waals surface area (Å²) in [5.74, 6) is 2.69. The van der Waals surface area contributed by atoms with Crippen molar-refractivity contribution >= 4 is 5.97 Å². The van der Waals surface area contributed by atoms with E-state index in [1.54, 1.807) is 18.3 Å². The molecule has 4 saturated carbocycles. The summed E-state index contributed by atoms with van der Waals surface area (Å²) in [6.45, 7) is 0.0573. The van der Waals surface area contributed by atoms with Crippen LogP contribution in [0.4, 0.5) is 4.39 Å². The summed E-state index contributed by atoms with van der Waals surface area (Å²) in [5, 5.41) is 0. The fourth-order valence-corrected chi connectivity index (χ4v) is 5.77. The SMILES string of the molecule is O=C(OCc1ncc(-c2ccc(F)cc2)o1)C12CC3CC(CC(C3)C1)C2. The molecule has 2 aromatic rings. The topological polar surface area (TPSA) is 52.3 Å². The second-order valence-electron chi connectivity index (χ2n) is 8.40. The minimum absolute atomic E-state index is 0.0573. The number of benzene rings is 1. The first kappa shape index (κ1) is 16.0. The Morgan fingerprint density at radius 1 is 1.12 bits per heavy atom. The molecule has 4 fully saturated rings. The van der Waals surface area contributed by atoms with Crippen LogP contribution in [0.25, 0.3) is 11.3 Å². The third-order valence-electron chi connectivity index (χ3n) is 6.48. The summed E-state index contributed by atoms with van der Waals surface area (Å²) in [7, 11) is 0. The standard InChI is InChI=1S/C21H22FNO3/c22-17-3-1-16(2-4-17)18-11-23-19(26-18)12-25-20(24)21-8-13-5-14(9-21)7-15(6-13)10-21/h1-4,11,13-15H,5-10,12H2. The molecule has 4 bridgehead atoms. The first-order valence-electron chi connectivity index (χ1n) is 9.47. The van der Waals surface area contributed by atoms with Crippen LogP contribution in [0, 0.1) is 29.0 Å². The largest absolute Gasteiger partial charge is 0.455 e. The van der Waals surface area contributed by atoms with Gasteiger partial charge in [-0.2, -0.15) is 0 Å². The molecule has 0 radical (unpaired) electrons. The zero-order valence-corrected chi connectivity index (χ0v) is 14.6. The van der Waals surface area contributed by atoms with Crippen molar-refractivity contribution in [2.45, 2.75) is 45.1 Å². The van der Waals surface area contributed by atoms with Crippen molar-refractivity contribution in [2.24, 2.45) is 23.2 Å². The number of aromatic nitrogens is 1. The van der Waals surface area contributed by atoms with E-state index in [2.05, 4.69) is 4.98 Å². The molecule has 1 aromatic carbocycles. The van der Waals surface area contributed by atoms with E-state index in [9.17, 15) is 9.18 Å². The zero-order chi connectivity index (χ0) is 17.7. The lowest BCUT2D eigenvalue weighted by Gasteiger charge is -2.55. The second kappa shape index (κ2) is 5.93. The first-order chi connectivity index (χ1) is 12.6. The van der Waals surface area contributed by atoms with Gasteiger partial charge in [-0.1, -0.05) is 0 Å². The van der Waals surface area contributed by atoms with E-state index in [1.165, 1.54) is 31.4 Å². The van der Waals surface area contributed by atoms with Crippen molar-refractivity contribution in [1.29, 1.82) is 0 Å². The molecule has 4 nitrogen and oxygen atoms in total. The van der Waals surface area contributed by atoms with E-state index in [-0.39, 0.29) is 23.8 Å². The van der Waals surface area contributed by atoms with Gasteiger partial charge >= 0.3 is 5.97 Å². The highest BCUT2D eigenvalue weighted by atomic mass is 19.1. The molecule has 26 heavy (non-hydrogen) atoms. The van der Waals surface area contributed by atoms with Gasteiger partial charge in [-0.15, -0.1) is 0 Å². The second-order valence-corrected chi connectivity index (χ2v) is 8.40. The number of ether oxygens (including phenoxy) is 1. The maximum atomic E-state index is 13.0. The number of hydrogen-bond donors (Lipinski definition) is 0. The van der Waals surface area contributed by atoms with Gasteiger partial charge in [-0.3, -0.25) is 4.79 Å². The molecule has 5 heteroatoms. The van der Waals surface area contributed by atoms with E-state index in [0.29, 0.717) is 29.4 Å². The summed E-state index contributed by atoms with van der Waals surface area (Å²) in [6.07, 6.45) is 8.45. The molecular formula is C21H22FNO3. The molecule has 0 atom stereocenters. The van der Waals surface area contributed by atoms with Crippen molar-refractivity contribution < 1.29 is 18.3 Å². The Hall–Kier alpha value is -2.17. The Kier molecular flexibility index (Phi) is 3.66. The molecule has 1 heterocycles. The summed E-state index contributed by atoms with van der Waals surface area (Å²) in [5.41, 5.74) is 0.485. The molecule has 0 spiro atoms. The Morgan fingerprint density at radius 2 is 1.73 bits per heavy atom. The van der Waals surface area contributed by atoms with Crippen molar-refractivity contribution in [3.63, 3.8) is 0 Å². The molecule has 0 amide bonds. The van der Waals surface area contributed by atoms with Gasteiger partial charge in [0.25, 0.3) is 0 Å². The van der Waals surface area contributed by atoms with Crippen LogP contribution in [0.15, 0.2) is 34.9 Å². The molecule has 136 valence electrons. The normalized spacial score (nSPS) is 32.0. The van der Waals surface area contributed by atoms with Gasteiger partial charge < -0.3 is 9.15 Å². The smallest absolute Gasteiger partial charge is 0.312 e. The van der Waals surface area contributed by atoms with Gasteiger partial charge in [0.15, 0.2) is 12.4 Å². The number of esters is 1. The molecule has 6 rings (SSSR count). The van der Waals surface area contributed by atoms with Crippen LogP contribution in [-0.4, -0.2) is 11.0 Å². The number of hydrogen-bond acceptors (Lipinski definition) is 4. The predicted molar refractivity (Wildman–Crippen MR) is 92.3 cm³/mol. The molecular weight excluding hydrogens is 333 g/mol. The first-order valence-corrected chi connectivity index (χ1v) is 9.47. The Labute approximate surface area is 151 Å². The van der Waals surface area contributed by atoms with Gasteiger partial charge in [-0.25, -0.2) is 9.37 Å². The molecule has 4 aliphatic rings. The summed E-state index contributed by atoms with van der Waals surface area (Å²) >= 11 is 0. The number of halogens is 1. The van der Waals surface area contributed by atoms with Crippen LogP contribution in [-0.2, 0) is 16.1 Å². The van der Waals surface area contributed by atoms with Gasteiger partial charge in [0.2, 0.25) is 5.89 Å². The molecule has 0 saturated heterocycles. The fraction of sp³-hybridized carbons (Fsp3) is 0.524. The Morgan fingerprint density at radius 3 is 2.35 bits per heavy atom. The third-order valence-corrected chi connectivity index (χ3v) is 6.48. The maximum absolute atomic E-state index is 13.0. The third kappa shape index (κ3) is 2.74. The number of nitrogens with zero attached hydrogens (tertiary/aromatic N) is 1. The maximum Gasteiger partial charge on any atom is 0.312 e. The van der Waals surface area contributed by atoms with E-state index in [0.717, 1.165) is 24.8 Å². The Bertz CT molecular complexity index is 791. The van der Waals surface area contributed by atoms with Crippen molar-refractivity contribution in [2.75, 3.05) is 0 Å². The number of oxazole rings is 1. The van der Waals surface area contributed by atoms with Crippen molar-refractivity contribution in [1.82, 2.24) is 4.98 Å². The highest BCUT2D eigenvalue weighted by Crippen LogP contribution is 2.60. The highest BCUT2D eigenvalue weighted by Gasteiger charge is 2.55. The summed E-state index contributed by atoms with van der Waals surface area (Å²) in [4.78, 5) is 17.0. The zero-order valence-electron chi connectivity index (χ0n) is 14.6. The molecule has 1 aromatic heterocycles. The van der Waals surface area contributed by atoms with E-state index in [1.807, 2.05) is 0 Å². The summed E-state index contributed by atoms with van der Waals surface area (Å²) in [6, 6.07) is 6.04. The van der Waals surface area contributed by atoms with Crippen LogP contribution in [0.3, 0.4) is 0 Å². The number of carbonyl (C=O) groups excluding carboxylic acids is 1. The highest BCUT2D eigenvalue weighted by molar-refractivity contribution is 5.77. The van der Waals surface area contributed by atoms with Gasteiger partial charge in [0, 0.05) is 5.56 Å².